The third kappa shape index (κ3) is 2.27. The Labute approximate surface area is 95.4 Å². The minimum Gasteiger partial charge on any atom is -0.397 e. The molecule has 1 aromatic carbocycles. The first-order valence-electron chi connectivity index (χ1n) is 5.59. The Morgan fingerprint density at radius 3 is 2.75 bits per heavy atom. The first-order valence-corrected chi connectivity index (χ1v) is 5.59. The number of anilines is 2. The van der Waals surface area contributed by atoms with Gasteiger partial charge in [-0.3, -0.25) is 0 Å². The van der Waals surface area contributed by atoms with Crippen LogP contribution < -0.4 is 11.1 Å². The van der Waals surface area contributed by atoms with Crippen molar-refractivity contribution >= 4 is 17.4 Å². The molecule has 16 heavy (non-hydrogen) atoms. The van der Waals surface area contributed by atoms with Crippen molar-refractivity contribution in [1.29, 1.82) is 0 Å². The number of carbonyl (C=O) groups is 1. The van der Waals surface area contributed by atoms with Gasteiger partial charge in [-0.05, 0) is 37.5 Å². The molecule has 1 aliphatic heterocycles. The second-order valence-corrected chi connectivity index (χ2v) is 4.22. The number of nitrogens with zero attached hydrogens (tertiary/aromatic N) is 1. The molecule has 0 bridgehead atoms. The summed E-state index contributed by atoms with van der Waals surface area (Å²) < 4.78 is 0. The van der Waals surface area contributed by atoms with Crippen molar-refractivity contribution in [2.45, 2.75) is 19.8 Å². The minimum absolute atomic E-state index is 0.0465. The molecule has 1 saturated heterocycles. The van der Waals surface area contributed by atoms with Crippen molar-refractivity contribution in [2.75, 3.05) is 24.1 Å². The first kappa shape index (κ1) is 10.8. The van der Waals surface area contributed by atoms with Crippen molar-refractivity contribution in [3.63, 3.8) is 0 Å². The van der Waals surface area contributed by atoms with E-state index in [0.29, 0.717) is 11.4 Å². The Morgan fingerprint density at radius 1 is 1.38 bits per heavy atom. The van der Waals surface area contributed by atoms with Gasteiger partial charge in [0.1, 0.15) is 0 Å². The molecule has 3 N–H and O–H groups in total. The maximum atomic E-state index is 11.8. The Balaban J connectivity index is 2.07. The van der Waals surface area contributed by atoms with Crippen LogP contribution in [0.2, 0.25) is 0 Å². The zero-order valence-corrected chi connectivity index (χ0v) is 9.49. The molecule has 0 radical (unpaired) electrons. The monoisotopic (exact) mass is 219 g/mol. The van der Waals surface area contributed by atoms with Crippen molar-refractivity contribution in [3.8, 4) is 0 Å². The molecule has 0 aromatic heterocycles. The summed E-state index contributed by atoms with van der Waals surface area (Å²) in [7, 11) is 0. The number of carbonyl (C=O) groups excluding carboxylic acids is 1. The van der Waals surface area contributed by atoms with E-state index in [4.69, 9.17) is 5.73 Å². The third-order valence-corrected chi connectivity index (χ3v) is 2.84. The molecule has 2 rings (SSSR count). The van der Waals surface area contributed by atoms with E-state index in [2.05, 4.69) is 5.32 Å². The van der Waals surface area contributed by atoms with Crippen LogP contribution in [0.1, 0.15) is 18.4 Å². The number of hydrogen-bond donors (Lipinski definition) is 2. The summed E-state index contributed by atoms with van der Waals surface area (Å²) in [5.41, 5.74) is 8.21. The molecule has 2 amide bonds. The van der Waals surface area contributed by atoms with E-state index in [0.717, 1.165) is 31.5 Å². The lowest BCUT2D eigenvalue weighted by Crippen LogP contribution is -2.32. The number of nitrogens with one attached hydrogen (secondary N) is 1. The molecule has 4 heteroatoms. The van der Waals surface area contributed by atoms with Crippen LogP contribution in [-0.2, 0) is 0 Å². The second kappa shape index (κ2) is 4.43. The number of urea groups is 1. The lowest BCUT2D eigenvalue weighted by Gasteiger charge is -2.17. The van der Waals surface area contributed by atoms with Gasteiger partial charge >= 0.3 is 6.03 Å². The summed E-state index contributed by atoms with van der Waals surface area (Å²) in [6, 6.07) is 5.59. The van der Waals surface area contributed by atoms with Gasteiger partial charge < -0.3 is 16.0 Å². The Morgan fingerprint density at radius 2 is 2.06 bits per heavy atom. The minimum atomic E-state index is -0.0465. The standard InChI is InChI=1S/C12H17N3O/c1-9-4-5-10(13)11(8-9)14-12(16)15-6-2-3-7-15/h4-5,8H,2-3,6-7,13H2,1H3,(H,14,16). The second-order valence-electron chi connectivity index (χ2n) is 4.22. The van der Waals surface area contributed by atoms with Crippen LogP contribution in [0.4, 0.5) is 16.2 Å². The van der Waals surface area contributed by atoms with E-state index < -0.39 is 0 Å². The molecule has 4 nitrogen and oxygen atoms in total. The van der Waals surface area contributed by atoms with E-state index in [1.807, 2.05) is 30.0 Å². The fourth-order valence-electron chi connectivity index (χ4n) is 1.89. The van der Waals surface area contributed by atoms with Gasteiger partial charge in [0.15, 0.2) is 0 Å². The molecule has 0 unspecified atom stereocenters. The van der Waals surface area contributed by atoms with Gasteiger partial charge in [0.2, 0.25) is 0 Å². The zero-order chi connectivity index (χ0) is 11.5. The maximum Gasteiger partial charge on any atom is 0.321 e. The van der Waals surface area contributed by atoms with Gasteiger partial charge in [-0.1, -0.05) is 6.07 Å². The molecule has 0 saturated carbocycles. The van der Waals surface area contributed by atoms with Crippen molar-refractivity contribution in [1.82, 2.24) is 4.90 Å². The van der Waals surface area contributed by atoms with E-state index in [1.54, 1.807) is 0 Å². The van der Waals surface area contributed by atoms with Gasteiger partial charge in [-0.15, -0.1) is 0 Å². The van der Waals surface area contributed by atoms with Crippen LogP contribution in [0.3, 0.4) is 0 Å². The summed E-state index contributed by atoms with van der Waals surface area (Å²) in [4.78, 5) is 13.7. The van der Waals surface area contributed by atoms with Crippen LogP contribution in [0.5, 0.6) is 0 Å². The Bertz CT molecular complexity index is 397. The summed E-state index contributed by atoms with van der Waals surface area (Å²) >= 11 is 0. The average molecular weight is 219 g/mol. The van der Waals surface area contributed by atoms with E-state index in [1.165, 1.54) is 0 Å². The SMILES string of the molecule is Cc1ccc(N)c(NC(=O)N2CCCC2)c1. The van der Waals surface area contributed by atoms with Crippen LogP contribution in [-0.4, -0.2) is 24.0 Å². The normalized spacial score (nSPS) is 15.2. The van der Waals surface area contributed by atoms with E-state index in [9.17, 15) is 4.79 Å². The highest BCUT2D eigenvalue weighted by atomic mass is 16.2. The quantitative estimate of drug-likeness (QED) is 0.711. The summed E-state index contributed by atoms with van der Waals surface area (Å²) in [6.07, 6.45) is 2.19. The van der Waals surface area contributed by atoms with Crippen LogP contribution in [0, 0.1) is 6.92 Å². The average Bonchev–Trinajstić information content (AvgIpc) is 2.76. The predicted molar refractivity (Wildman–Crippen MR) is 65.4 cm³/mol. The van der Waals surface area contributed by atoms with Crippen molar-refractivity contribution < 1.29 is 4.79 Å². The van der Waals surface area contributed by atoms with Crippen molar-refractivity contribution in [2.24, 2.45) is 0 Å². The molecule has 0 aliphatic carbocycles. The molecule has 86 valence electrons. The number of hydrogen-bond acceptors (Lipinski definition) is 2. The molecular weight excluding hydrogens is 202 g/mol. The fraction of sp³-hybridized carbons (Fsp3) is 0.417. The molecule has 1 fully saturated rings. The van der Waals surface area contributed by atoms with E-state index in [-0.39, 0.29) is 6.03 Å². The molecule has 0 atom stereocenters. The molecular formula is C12H17N3O. The van der Waals surface area contributed by atoms with Crippen molar-refractivity contribution in [3.05, 3.63) is 23.8 Å². The maximum absolute atomic E-state index is 11.8. The zero-order valence-electron chi connectivity index (χ0n) is 9.49. The van der Waals surface area contributed by atoms with E-state index >= 15 is 0 Å². The topological polar surface area (TPSA) is 58.4 Å². The summed E-state index contributed by atoms with van der Waals surface area (Å²) in [5, 5.41) is 2.85. The number of nitrogens with two attached hydrogens (primary N) is 1. The highest BCUT2D eigenvalue weighted by Crippen LogP contribution is 2.20. The lowest BCUT2D eigenvalue weighted by molar-refractivity contribution is 0.222. The van der Waals surface area contributed by atoms with Crippen LogP contribution in [0.25, 0.3) is 0 Å². The number of aryl methyl sites for hydroxylation is 1. The predicted octanol–water partition coefficient (Wildman–Crippen LogP) is 2.20. The van der Waals surface area contributed by atoms with Crippen LogP contribution in [0.15, 0.2) is 18.2 Å². The molecule has 0 spiro atoms. The van der Waals surface area contributed by atoms with Gasteiger partial charge in [0.25, 0.3) is 0 Å². The first-order chi connectivity index (χ1) is 7.66. The fourth-order valence-corrected chi connectivity index (χ4v) is 1.89. The third-order valence-electron chi connectivity index (χ3n) is 2.84. The Kier molecular flexibility index (Phi) is 2.99. The summed E-state index contributed by atoms with van der Waals surface area (Å²) in [5.74, 6) is 0. The van der Waals surface area contributed by atoms with Gasteiger partial charge in [-0.25, -0.2) is 4.79 Å². The largest absolute Gasteiger partial charge is 0.397 e. The number of rotatable bonds is 1. The number of nitrogen functional groups attached to an aromatic ring is 1. The van der Waals surface area contributed by atoms with Gasteiger partial charge in [0, 0.05) is 13.1 Å². The molecule has 1 aromatic rings. The number of benzene rings is 1. The van der Waals surface area contributed by atoms with Gasteiger partial charge in [0.05, 0.1) is 11.4 Å². The van der Waals surface area contributed by atoms with Gasteiger partial charge in [-0.2, -0.15) is 0 Å². The summed E-state index contributed by atoms with van der Waals surface area (Å²) in [6.45, 7) is 3.67. The highest BCUT2D eigenvalue weighted by Gasteiger charge is 2.18. The Hall–Kier alpha value is -1.71. The lowest BCUT2D eigenvalue weighted by atomic mass is 10.2. The highest BCUT2D eigenvalue weighted by molar-refractivity contribution is 5.92. The molecule has 1 heterocycles. The van der Waals surface area contributed by atoms with Crippen LogP contribution >= 0.6 is 0 Å². The number of likely N-dealkylation sites (tertiary alicyclic amines) is 1. The smallest absolute Gasteiger partial charge is 0.321 e. The molecule has 1 aliphatic rings. The number of amides is 2.